The van der Waals surface area contributed by atoms with E-state index in [9.17, 15) is 19.5 Å². The van der Waals surface area contributed by atoms with E-state index in [2.05, 4.69) is 5.32 Å². The van der Waals surface area contributed by atoms with E-state index in [0.717, 1.165) is 28.2 Å². The fourth-order valence-electron chi connectivity index (χ4n) is 4.13. The van der Waals surface area contributed by atoms with Crippen molar-refractivity contribution < 1.29 is 19.5 Å². The Balaban J connectivity index is 1.81. The van der Waals surface area contributed by atoms with Gasteiger partial charge >= 0.3 is 5.97 Å². The third kappa shape index (κ3) is 3.92. The number of amides is 2. The van der Waals surface area contributed by atoms with Crippen LogP contribution in [0.1, 0.15) is 38.4 Å². The van der Waals surface area contributed by atoms with Crippen LogP contribution in [-0.4, -0.2) is 32.6 Å². The molecule has 1 aromatic heterocycles. The number of hydrogen-bond donors (Lipinski definition) is 2. The maximum atomic E-state index is 13.4. The third-order valence-corrected chi connectivity index (χ3v) is 6.21. The van der Waals surface area contributed by atoms with E-state index in [1.165, 1.54) is 4.90 Å². The number of carbonyl (C=O) groups excluding carboxylic acids is 2. The number of hydrogen-bond acceptors (Lipinski definition) is 4. The van der Waals surface area contributed by atoms with Crippen LogP contribution in [-0.2, 0) is 9.59 Å². The van der Waals surface area contributed by atoms with Gasteiger partial charge in [0.2, 0.25) is 0 Å². The first-order valence-corrected chi connectivity index (χ1v) is 11.0. The molecule has 2 aromatic carbocycles. The fraction of sp³-hybridized carbons (Fsp3) is 0.154. The lowest BCUT2D eigenvalue weighted by molar-refractivity contribution is -0.122. The van der Waals surface area contributed by atoms with Gasteiger partial charge in [-0.05, 0) is 86.9 Å². The number of carbonyl (C=O) groups is 3. The van der Waals surface area contributed by atoms with Gasteiger partial charge in [-0.25, -0.2) is 4.79 Å². The zero-order chi connectivity index (χ0) is 24.7. The number of nitrogens with zero attached hydrogens (tertiary/aromatic N) is 2. The van der Waals surface area contributed by atoms with E-state index in [4.69, 9.17) is 12.2 Å². The van der Waals surface area contributed by atoms with Gasteiger partial charge in [-0.1, -0.05) is 24.3 Å². The van der Waals surface area contributed by atoms with Gasteiger partial charge in [0, 0.05) is 17.1 Å². The number of anilines is 1. The zero-order valence-corrected chi connectivity index (χ0v) is 20.0. The molecule has 0 saturated carbocycles. The van der Waals surface area contributed by atoms with Crippen LogP contribution in [0, 0.1) is 27.7 Å². The molecule has 8 heteroatoms. The van der Waals surface area contributed by atoms with Gasteiger partial charge in [-0.3, -0.25) is 19.8 Å². The highest BCUT2D eigenvalue weighted by atomic mass is 32.1. The fourth-order valence-corrected chi connectivity index (χ4v) is 4.41. The van der Waals surface area contributed by atoms with Gasteiger partial charge in [0.15, 0.2) is 5.11 Å². The molecule has 0 radical (unpaired) electrons. The average Bonchev–Trinajstić information content (AvgIpc) is 3.05. The normalized spacial score (nSPS) is 15.1. The highest BCUT2D eigenvalue weighted by Gasteiger charge is 2.35. The van der Waals surface area contributed by atoms with Crippen molar-refractivity contribution in [1.82, 2.24) is 9.88 Å². The summed E-state index contributed by atoms with van der Waals surface area (Å²) < 4.78 is 1.92. The molecule has 0 atom stereocenters. The molecule has 1 saturated heterocycles. The van der Waals surface area contributed by atoms with E-state index >= 15 is 0 Å². The summed E-state index contributed by atoms with van der Waals surface area (Å²) in [7, 11) is 0. The number of aryl methyl sites for hydroxylation is 3. The number of aromatic nitrogens is 1. The molecule has 0 spiro atoms. The third-order valence-electron chi connectivity index (χ3n) is 5.93. The van der Waals surface area contributed by atoms with Crippen molar-refractivity contribution in [2.45, 2.75) is 27.7 Å². The molecular weight excluding hydrogens is 450 g/mol. The zero-order valence-electron chi connectivity index (χ0n) is 19.2. The van der Waals surface area contributed by atoms with Crippen LogP contribution >= 0.6 is 12.2 Å². The minimum atomic E-state index is -1.01. The smallest absolute Gasteiger partial charge is 0.335 e. The second kappa shape index (κ2) is 8.72. The molecule has 0 bridgehead atoms. The summed E-state index contributed by atoms with van der Waals surface area (Å²) >= 11 is 5.30. The summed E-state index contributed by atoms with van der Waals surface area (Å²) in [6.45, 7) is 7.52. The second-order valence-electron chi connectivity index (χ2n) is 8.21. The summed E-state index contributed by atoms with van der Waals surface area (Å²) in [5, 5.41) is 12.1. The van der Waals surface area contributed by atoms with Crippen LogP contribution in [0.25, 0.3) is 11.8 Å². The number of nitrogens with one attached hydrogen (secondary N) is 1. The molecule has 2 amide bonds. The summed E-state index contributed by atoms with van der Waals surface area (Å²) in [5.74, 6) is -2.08. The van der Waals surface area contributed by atoms with E-state index < -0.39 is 17.8 Å². The number of rotatable bonds is 4. The van der Waals surface area contributed by atoms with Crippen molar-refractivity contribution in [3.05, 3.63) is 87.7 Å². The first-order valence-electron chi connectivity index (χ1n) is 10.6. The standard InChI is InChI=1S/C26H23N3O4S/c1-14-7-5-6-8-21(14)29-24(31)20(23(30)27-26(29)34)12-19-11-16(3)28(17(19)4)22-13-18(25(32)33)10-9-15(22)2/h5-13H,1-4H3,(H,32,33)(H,27,30,34)/b20-12+. The predicted molar refractivity (Wildman–Crippen MR) is 134 cm³/mol. The number of thiocarbonyl (C=S) groups is 1. The Kier molecular flexibility index (Phi) is 5.93. The number of aromatic carboxylic acids is 1. The number of carboxylic acids is 1. The van der Waals surface area contributed by atoms with Gasteiger partial charge in [0.05, 0.1) is 11.3 Å². The van der Waals surface area contributed by atoms with Crippen LogP contribution in [0.4, 0.5) is 5.69 Å². The number of benzene rings is 2. The van der Waals surface area contributed by atoms with Crippen LogP contribution in [0.5, 0.6) is 0 Å². The van der Waals surface area contributed by atoms with E-state index in [-0.39, 0.29) is 16.2 Å². The molecule has 0 unspecified atom stereocenters. The van der Waals surface area contributed by atoms with Crippen molar-refractivity contribution >= 4 is 46.9 Å². The summed E-state index contributed by atoms with van der Waals surface area (Å²) in [6, 6.07) is 14.1. The van der Waals surface area contributed by atoms with Crippen LogP contribution < -0.4 is 10.2 Å². The number of para-hydroxylation sites is 1. The van der Waals surface area contributed by atoms with Gasteiger partial charge in [-0.15, -0.1) is 0 Å². The SMILES string of the molecule is Cc1ccccc1N1C(=O)/C(=C/c2cc(C)n(-c3cc(C(=O)O)ccc3C)c2C)C(=O)NC1=S. The molecule has 172 valence electrons. The minimum Gasteiger partial charge on any atom is -0.478 e. The van der Waals surface area contributed by atoms with Crippen molar-refractivity contribution in [2.75, 3.05) is 4.90 Å². The largest absolute Gasteiger partial charge is 0.478 e. The molecule has 1 aliphatic heterocycles. The van der Waals surface area contributed by atoms with E-state index in [1.54, 1.807) is 36.4 Å². The van der Waals surface area contributed by atoms with E-state index in [0.29, 0.717) is 11.3 Å². The molecule has 0 aliphatic carbocycles. The highest BCUT2D eigenvalue weighted by Crippen LogP contribution is 2.28. The monoisotopic (exact) mass is 473 g/mol. The highest BCUT2D eigenvalue weighted by molar-refractivity contribution is 7.80. The lowest BCUT2D eigenvalue weighted by Crippen LogP contribution is -2.54. The summed E-state index contributed by atoms with van der Waals surface area (Å²) in [4.78, 5) is 38.9. The first kappa shape index (κ1) is 23.1. The molecule has 1 aliphatic rings. The van der Waals surface area contributed by atoms with Crippen LogP contribution in [0.15, 0.2) is 54.1 Å². The van der Waals surface area contributed by atoms with Gasteiger partial charge in [0.1, 0.15) is 5.57 Å². The minimum absolute atomic E-state index is 0.0342. The Hall–Kier alpha value is -4.04. The maximum Gasteiger partial charge on any atom is 0.335 e. The molecule has 2 N–H and O–H groups in total. The lowest BCUT2D eigenvalue weighted by atomic mass is 10.1. The lowest BCUT2D eigenvalue weighted by Gasteiger charge is -2.30. The molecule has 34 heavy (non-hydrogen) atoms. The summed E-state index contributed by atoms with van der Waals surface area (Å²) in [5.41, 5.74) is 5.50. The average molecular weight is 474 g/mol. The van der Waals surface area contributed by atoms with Gasteiger partial charge in [0.25, 0.3) is 11.8 Å². The van der Waals surface area contributed by atoms with Gasteiger partial charge < -0.3 is 9.67 Å². The predicted octanol–water partition coefficient (Wildman–Crippen LogP) is 4.24. The molecular formula is C26H23N3O4S. The Morgan fingerprint density at radius 2 is 1.65 bits per heavy atom. The quantitative estimate of drug-likeness (QED) is 0.336. The second-order valence-corrected chi connectivity index (χ2v) is 8.60. The molecule has 7 nitrogen and oxygen atoms in total. The maximum absolute atomic E-state index is 13.4. The van der Waals surface area contributed by atoms with Crippen molar-refractivity contribution in [1.29, 1.82) is 0 Å². The topological polar surface area (TPSA) is 91.6 Å². The molecule has 1 fully saturated rings. The molecule has 3 aromatic rings. The Labute approximate surface area is 202 Å². The van der Waals surface area contributed by atoms with Crippen LogP contribution in [0.2, 0.25) is 0 Å². The molecule has 4 rings (SSSR count). The van der Waals surface area contributed by atoms with E-state index in [1.807, 2.05) is 50.5 Å². The van der Waals surface area contributed by atoms with Crippen LogP contribution in [0.3, 0.4) is 0 Å². The first-order chi connectivity index (χ1) is 16.1. The Morgan fingerprint density at radius 3 is 2.32 bits per heavy atom. The summed E-state index contributed by atoms with van der Waals surface area (Å²) in [6.07, 6.45) is 1.56. The Morgan fingerprint density at radius 1 is 0.971 bits per heavy atom. The van der Waals surface area contributed by atoms with Crippen molar-refractivity contribution in [2.24, 2.45) is 0 Å². The number of carboxylic acid groups (broad SMARTS) is 1. The van der Waals surface area contributed by atoms with Gasteiger partial charge in [-0.2, -0.15) is 0 Å². The Bertz CT molecular complexity index is 1420. The molecule has 2 heterocycles. The van der Waals surface area contributed by atoms with Crippen molar-refractivity contribution in [3.63, 3.8) is 0 Å². The van der Waals surface area contributed by atoms with Crippen molar-refractivity contribution in [3.8, 4) is 5.69 Å².